The SMILES string of the molecule is O=C(N[C@@H]1CCC[C@H]1OCc1ccccc1)C1CC(c2ccncc2)NN1. The normalized spacial score (nSPS) is 27.6. The summed E-state index contributed by atoms with van der Waals surface area (Å²) >= 11 is 0. The lowest BCUT2D eigenvalue weighted by Gasteiger charge is -2.23. The average molecular weight is 366 g/mol. The van der Waals surface area contributed by atoms with Crippen LogP contribution in [0.25, 0.3) is 0 Å². The van der Waals surface area contributed by atoms with Crippen LogP contribution in [0.15, 0.2) is 54.9 Å². The van der Waals surface area contributed by atoms with Gasteiger partial charge in [0.15, 0.2) is 0 Å². The van der Waals surface area contributed by atoms with Crippen LogP contribution in [-0.4, -0.2) is 29.1 Å². The number of nitrogens with one attached hydrogen (secondary N) is 3. The maximum absolute atomic E-state index is 12.7. The number of nitrogens with zero attached hydrogens (tertiary/aromatic N) is 1. The number of carbonyl (C=O) groups excluding carboxylic acids is 1. The van der Waals surface area contributed by atoms with Gasteiger partial charge >= 0.3 is 0 Å². The fraction of sp³-hybridized carbons (Fsp3) is 0.429. The van der Waals surface area contributed by atoms with Crippen LogP contribution >= 0.6 is 0 Å². The number of hydrazine groups is 1. The van der Waals surface area contributed by atoms with E-state index in [1.807, 2.05) is 30.3 Å². The Morgan fingerprint density at radius 1 is 1.11 bits per heavy atom. The van der Waals surface area contributed by atoms with Crippen molar-refractivity contribution in [1.29, 1.82) is 0 Å². The van der Waals surface area contributed by atoms with Crippen molar-refractivity contribution in [2.75, 3.05) is 0 Å². The topological polar surface area (TPSA) is 75.3 Å². The highest BCUT2D eigenvalue weighted by Crippen LogP contribution is 2.25. The molecule has 0 spiro atoms. The van der Waals surface area contributed by atoms with E-state index >= 15 is 0 Å². The van der Waals surface area contributed by atoms with Crippen molar-refractivity contribution in [3.8, 4) is 0 Å². The maximum Gasteiger partial charge on any atom is 0.238 e. The van der Waals surface area contributed by atoms with Gasteiger partial charge in [-0.15, -0.1) is 0 Å². The van der Waals surface area contributed by atoms with Crippen LogP contribution in [-0.2, 0) is 16.1 Å². The van der Waals surface area contributed by atoms with Gasteiger partial charge in [-0.2, -0.15) is 0 Å². The number of amides is 1. The first-order valence-corrected chi connectivity index (χ1v) is 9.66. The quantitative estimate of drug-likeness (QED) is 0.731. The van der Waals surface area contributed by atoms with E-state index < -0.39 is 0 Å². The summed E-state index contributed by atoms with van der Waals surface area (Å²) in [6.45, 7) is 0.589. The molecule has 6 nitrogen and oxygen atoms in total. The minimum absolute atomic E-state index is 0.0410. The lowest BCUT2D eigenvalue weighted by molar-refractivity contribution is -0.124. The van der Waals surface area contributed by atoms with Gasteiger partial charge in [0.25, 0.3) is 0 Å². The molecule has 2 heterocycles. The molecule has 1 saturated heterocycles. The average Bonchev–Trinajstić information content (AvgIpc) is 3.38. The van der Waals surface area contributed by atoms with Crippen LogP contribution in [0.4, 0.5) is 0 Å². The predicted octanol–water partition coefficient (Wildman–Crippen LogP) is 2.24. The van der Waals surface area contributed by atoms with Crippen molar-refractivity contribution < 1.29 is 9.53 Å². The van der Waals surface area contributed by atoms with Crippen molar-refractivity contribution in [3.63, 3.8) is 0 Å². The highest BCUT2D eigenvalue weighted by atomic mass is 16.5. The van der Waals surface area contributed by atoms with E-state index in [0.717, 1.165) is 36.8 Å². The Bertz CT molecular complexity index is 740. The molecule has 1 saturated carbocycles. The van der Waals surface area contributed by atoms with Crippen LogP contribution in [0.2, 0.25) is 0 Å². The molecule has 1 aliphatic heterocycles. The summed E-state index contributed by atoms with van der Waals surface area (Å²) in [7, 11) is 0. The number of hydrogen-bond donors (Lipinski definition) is 3. The van der Waals surface area contributed by atoms with Crippen molar-refractivity contribution in [3.05, 3.63) is 66.0 Å². The molecule has 6 heteroatoms. The molecule has 0 radical (unpaired) electrons. The molecular weight excluding hydrogens is 340 g/mol. The Kier molecular flexibility index (Phi) is 5.77. The molecular formula is C21H26N4O2. The highest BCUT2D eigenvalue weighted by Gasteiger charge is 2.34. The van der Waals surface area contributed by atoms with Crippen LogP contribution in [0, 0.1) is 0 Å². The second-order valence-corrected chi connectivity index (χ2v) is 7.29. The van der Waals surface area contributed by atoms with Gasteiger partial charge in [-0.1, -0.05) is 30.3 Å². The van der Waals surface area contributed by atoms with E-state index in [-0.39, 0.29) is 30.1 Å². The third kappa shape index (κ3) is 4.53. The van der Waals surface area contributed by atoms with Gasteiger partial charge in [-0.25, -0.2) is 10.9 Å². The molecule has 3 N–H and O–H groups in total. The molecule has 4 atom stereocenters. The fourth-order valence-electron chi connectivity index (χ4n) is 3.89. The number of carbonyl (C=O) groups is 1. The van der Waals surface area contributed by atoms with Crippen LogP contribution in [0.3, 0.4) is 0 Å². The molecule has 1 amide bonds. The summed E-state index contributed by atoms with van der Waals surface area (Å²) in [6.07, 6.45) is 7.40. The maximum atomic E-state index is 12.7. The lowest BCUT2D eigenvalue weighted by atomic mass is 10.0. The van der Waals surface area contributed by atoms with E-state index in [2.05, 4.69) is 33.3 Å². The second kappa shape index (κ2) is 8.61. The van der Waals surface area contributed by atoms with E-state index in [0.29, 0.717) is 6.61 Å². The first-order chi connectivity index (χ1) is 13.3. The number of benzene rings is 1. The van der Waals surface area contributed by atoms with Gasteiger partial charge < -0.3 is 10.1 Å². The first kappa shape index (κ1) is 18.1. The summed E-state index contributed by atoms with van der Waals surface area (Å²) < 4.78 is 6.10. The minimum atomic E-state index is -0.237. The summed E-state index contributed by atoms with van der Waals surface area (Å²) in [5.41, 5.74) is 8.65. The van der Waals surface area contributed by atoms with Gasteiger partial charge in [0, 0.05) is 18.4 Å². The zero-order valence-electron chi connectivity index (χ0n) is 15.3. The van der Waals surface area contributed by atoms with Crippen molar-refractivity contribution in [1.82, 2.24) is 21.2 Å². The largest absolute Gasteiger partial charge is 0.371 e. The summed E-state index contributed by atoms with van der Waals surface area (Å²) in [4.78, 5) is 16.8. The van der Waals surface area contributed by atoms with Crippen molar-refractivity contribution >= 4 is 5.91 Å². The van der Waals surface area contributed by atoms with Gasteiger partial charge in [-0.05, 0) is 48.9 Å². The highest BCUT2D eigenvalue weighted by molar-refractivity contribution is 5.82. The van der Waals surface area contributed by atoms with E-state index in [1.54, 1.807) is 12.4 Å². The minimum Gasteiger partial charge on any atom is -0.371 e. The second-order valence-electron chi connectivity index (χ2n) is 7.29. The predicted molar refractivity (Wildman–Crippen MR) is 102 cm³/mol. The van der Waals surface area contributed by atoms with Crippen molar-refractivity contribution in [2.45, 2.75) is 56.5 Å². The Hall–Kier alpha value is -2.28. The number of hydrogen-bond acceptors (Lipinski definition) is 5. The smallest absolute Gasteiger partial charge is 0.238 e. The van der Waals surface area contributed by atoms with Crippen LogP contribution in [0.1, 0.15) is 42.9 Å². The molecule has 2 unspecified atom stereocenters. The molecule has 4 rings (SSSR count). The molecule has 2 fully saturated rings. The summed E-state index contributed by atoms with van der Waals surface area (Å²) in [5, 5.41) is 3.20. The van der Waals surface area contributed by atoms with Crippen molar-refractivity contribution in [2.24, 2.45) is 0 Å². The van der Waals surface area contributed by atoms with Gasteiger partial charge in [0.05, 0.1) is 18.8 Å². The zero-order chi connectivity index (χ0) is 18.5. The van der Waals surface area contributed by atoms with E-state index in [9.17, 15) is 4.79 Å². The van der Waals surface area contributed by atoms with E-state index in [4.69, 9.17) is 4.74 Å². The molecule has 2 aromatic rings. The number of pyridine rings is 1. The molecule has 2 aliphatic rings. The molecule has 1 aromatic carbocycles. The molecule has 1 aromatic heterocycles. The third-order valence-corrected chi connectivity index (χ3v) is 5.42. The molecule has 142 valence electrons. The van der Waals surface area contributed by atoms with Gasteiger partial charge in [-0.3, -0.25) is 9.78 Å². The van der Waals surface area contributed by atoms with E-state index in [1.165, 1.54) is 0 Å². The Morgan fingerprint density at radius 3 is 2.74 bits per heavy atom. The standard InChI is InChI=1S/C21H26N4O2/c26-21(19-13-18(24-25-19)16-9-11-22-12-10-16)23-17-7-4-8-20(17)27-14-15-5-2-1-3-6-15/h1-3,5-6,9-12,17-20,24-25H,4,7-8,13-14H2,(H,23,26)/t17-,18?,19?,20-/m1/s1. The molecule has 0 bridgehead atoms. The molecule has 27 heavy (non-hydrogen) atoms. The fourth-order valence-corrected chi connectivity index (χ4v) is 3.89. The summed E-state index contributed by atoms with van der Waals surface area (Å²) in [6, 6.07) is 14.1. The third-order valence-electron chi connectivity index (χ3n) is 5.42. The van der Waals surface area contributed by atoms with Crippen LogP contribution in [0.5, 0.6) is 0 Å². The number of ether oxygens (including phenoxy) is 1. The van der Waals surface area contributed by atoms with Crippen LogP contribution < -0.4 is 16.2 Å². The number of aromatic nitrogens is 1. The first-order valence-electron chi connectivity index (χ1n) is 9.66. The Balaban J connectivity index is 1.28. The summed E-state index contributed by atoms with van der Waals surface area (Å²) in [5.74, 6) is 0.0410. The molecule has 1 aliphatic carbocycles. The number of rotatable bonds is 6. The Morgan fingerprint density at radius 2 is 1.93 bits per heavy atom. The van der Waals surface area contributed by atoms with Gasteiger partial charge in [0.1, 0.15) is 6.04 Å². The monoisotopic (exact) mass is 366 g/mol. The lowest BCUT2D eigenvalue weighted by Crippen LogP contribution is -2.49. The zero-order valence-corrected chi connectivity index (χ0v) is 15.3. The van der Waals surface area contributed by atoms with Gasteiger partial charge in [0.2, 0.25) is 5.91 Å². The Labute approximate surface area is 159 Å².